The first-order valence-electron chi connectivity index (χ1n) is 10.2. The van der Waals surface area contributed by atoms with E-state index < -0.39 is 0 Å². The molecule has 7 nitrogen and oxygen atoms in total. The molecule has 158 valence electrons. The number of amides is 1. The van der Waals surface area contributed by atoms with Gasteiger partial charge in [0.2, 0.25) is 5.95 Å². The van der Waals surface area contributed by atoms with E-state index in [-0.39, 0.29) is 5.91 Å². The molecule has 0 atom stereocenters. The van der Waals surface area contributed by atoms with E-state index in [0.29, 0.717) is 17.2 Å². The zero-order valence-electron chi connectivity index (χ0n) is 17.8. The number of rotatable bonds is 7. The van der Waals surface area contributed by atoms with E-state index in [1.165, 1.54) is 11.1 Å². The van der Waals surface area contributed by atoms with Crippen LogP contribution in [0.4, 0.5) is 5.95 Å². The third-order valence-electron chi connectivity index (χ3n) is 5.10. The number of fused-ring (bicyclic) bond motifs is 1. The fraction of sp³-hybridized carbons (Fsp3) is 0.208. The van der Waals surface area contributed by atoms with Crippen molar-refractivity contribution in [2.45, 2.75) is 13.3 Å². The number of hydrogen-bond acceptors (Lipinski definition) is 5. The number of imidazole rings is 1. The summed E-state index contributed by atoms with van der Waals surface area (Å²) in [4.78, 5) is 20.5. The van der Waals surface area contributed by atoms with Crippen LogP contribution in [-0.4, -0.2) is 34.0 Å². The Labute approximate surface area is 181 Å². The van der Waals surface area contributed by atoms with Gasteiger partial charge in [-0.3, -0.25) is 9.78 Å². The lowest BCUT2D eigenvalue weighted by Gasteiger charge is -2.07. The number of hydrogen-bond donors (Lipinski definition) is 2. The number of nitrogens with one attached hydrogen (secondary N) is 2. The van der Waals surface area contributed by atoms with Crippen LogP contribution in [0, 0.1) is 6.92 Å². The molecule has 0 unspecified atom stereocenters. The van der Waals surface area contributed by atoms with Crippen molar-refractivity contribution in [1.82, 2.24) is 19.9 Å². The molecule has 0 radical (unpaired) electrons. The van der Waals surface area contributed by atoms with Gasteiger partial charge in [0, 0.05) is 39.0 Å². The number of aryl methyl sites for hydroxylation is 2. The highest BCUT2D eigenvalue weighted by Gasteiger charge is 2.10. The van der Waals surface area contributed by atoms with Crippen LogP contribution in [0.2, 0.25) is 0 Å². The van der Waals surface area contributed by atoms with Crippen molar-refractivity contribution in [2.75, 3.05) is 18.9 Å². The summed E-state index contributed by atoms with van der Waals surface area (Å²) in [5, 5.41) is 5.98. The fourth-order valence-corrected chi connectivity index (χ4v) is 3.34. The maximum atomic E-state index is 11.8. The molecule has 0 aliphatic carbocycles. The van der Waals surface area contributed by atoms with Crippen LogP contribution < -0.4 is 15.4 Å². The Hall–Kier alpha value is -3.87. The number of carbonyl (C=O) groups excluding carboxylic acids is 1. The minimum Gasteiger partial charge on any atom is -0.457 e. The molecule has 2 aromatic heterocycles. The summed E-state index contributed by atoms with van der Waals surface area (Å²) in [6, 6.07) is 17.7. The number of ether oxygens (including phenoxy) is 1. The van der Waals surface area contributed by atoms with Crippen molar-refractivity contribution in [3.05, 3.63) is 77.6 Å². The monoisotopic (exact) mass is 415 g/mol. The van der Waals surface area contributed by atoms with Gasteiger partial charge in [0.25, 0.3) is 5.91 Å². The number of aromatic nitrogens is 3. The summed E-state index contributed by atoms with van der Waals surface area (Å²) >= 11 is 0. The molecule has 2 N–H and O–H groups in total. The van der Waals surface area contributed by atoms with E-state index in [1.54, 1.807) is 25.4 Å². The van der Waals surface area contributed by atoms with Gasteiger partial charge in [-0.25, -0.2) is 4.98 Å². The molecule has 2 heterocycles. The largest absolute Gasteiger partial charge is 0.457 e. The first kappa shape index (κ1) is 20.4. The Morgan fingerprint density at radius 1 is 1.06 bits per heavy atom. The summed E-state index contributed by atoms with van der Waals surface area (Å²) in [6.45, 7) is 2.89. The van der Waals surface area contributed by atoms with Crippen molar-refractivity contribution in [2.24, 2.45) is 7.05 Å². The number of carbonyl (C=O) groups is 1. The molecule has 31 heavy (non-hydrogen) atoms. The molecular weight excluding hydrogens is 390 g/mol. The van der Waals surface area contributed by atoms with Gasteiger partial charge in [0.05, 0.1) is 11.0 Å². The zero-order valence-corrected chi connectivity index (χ0v) is 17.8. The second-order valence-electron chi connectivity index (χ2n) is 7.37. The molecule has 0 aliphatic rings. The normalized spacial score (nSPS) is 10.8. The molecule has 0 spiro atoms. The topological polar surface area (TPSA) is 81.1 Å². The van der Waals surface area contributed by atoms with Crippen LogP contribution in [0.3, 0.4) is 0 Å². The molecule has 0 fully saturated rings. The molecule has 4 rings (SSSR count). The quantitative estimate of drug-likeness (QED) is 0.475. The van der Waals surface area contributed by atoms with Gasteiger partial charge in [0.1, 0.15) is 17.2 Å². The van der Waals surface area contributed by atoms with Gasteiger partial charge in [-0.15, -0.1) is 0 Å². The zero-order chi connectivity index (χ0) is 21.8. The number of benzene rings is 2. The highest BCUT2D eigenvalue weighted by atomic mass is 16.5. The first-order valence-corrected chi connectivity index (χ1v) is 10.2. The smallest absolute Gasteiger partial charge is 0.269 e. The third kappa shape index (κ3) is 4.66. The van der Waals surface area contributed by atoms with E-state index in [4.69, 9.17) is 9.72 Å². The van der Waals surface area contributed by atoms with Crippen molar-refractivity contribution in [3.63, 3.8) is 0 Å². The van der Waals surface area contributed by atoms with Gasteiger partial charge in [0.15, 0.2) is 0 Å². The third-order valence-corrected chi connectivity index (χ3v) is 5.10. The van der Waals surface area contributed by atoms with Gasteiger partial charge in [-0.2, -0.15) is 0 Å². The molecule has 7 heteroatoms. The lowest BCUT2D eigenvalue weighted by atomic mass is 10.1. The van der Waals surface area contributed by atoms with E-state index in [0.717, 1.165) is 29.9 Å². The molecular formula is C24H25N5O2. The summed E-state index contributed by atoms with van der Waals surface area (Å²) in [6.07, 6.45) is 2.48. The van der Waals surface area contributed by atoms with Crippen LogP contribution in [-0.2, 0) is 13.5 Å². The predicted molar refractivity (Wildman–Crippen MR) is 122 cm³/mol. The minimum absolute atomic E-state index is 0.257. The maximum absolute atomic E-state index is 11.8. The van der Waals surface area contributed by atoms with Gasteiger partial charge in [-0.05, 0) is 37.1 Å². The number of pyridine rings is 1. The molecule has 4 aromatic rings. The second-order valence-corrected chi connectivity index (χ2v) is 7.37. The van der Waals surface area contributed by atoms with Crippen molar-refractivity contribution in [3.8, 4) is 11.5 Å². The number of nitrogens with zero attached hydrogens (tertiary/aromatic N) is 3. The van der Waals surface area contributed by atoms with Gasteiger partial charge in [-0.1, -0.05) is 29.8 Å². The maximum Gasteiger partial charge on any atom is 0.269 e. The number of anilines is 1. The SMILES string of the molecule is CNC(=O)c1cc(Oc2ccc3c(c2)nc(NCCc2ccc(C)cc2)n3C)ccn1. The van der Waals surface area contributed by atoms with E-state index in [9.17, 15) is 4.79 Å². The Kier molecular flexibility index (Phi) is 5.84. The summed E-state index contributed by atoms with van der Waals surface area (Å²) in [5.41, 5.74) is 4.70. The van der Waals surface area contributed by atoms with E-state index in [1.807, 2.05) is 29.8 Å². The summed E-state index contributed by atoms with van der Waals surface area (Å²) in [5.74, 6) is 1.74. The minimum atomic E-state index is -0.257. The Balaban J connectivity index is 1.47. The summed E-state index contributed by atoms with van der Waals surface area (Å²) < 4.78 is 7.96. The average Bonchev–Trinajstić information content (AvgIpc) is 3.09. The Bertz CT molecular complexity index is 1210. The molecule has 0 bridgehead atoms. The average molecular weight is 415 g/mol. The highest BCUT2D eigenvalue weighted by molar-refractivity contribution is 5.92. The second kappa shape index (κ2) is 8.87. The van der Waals surface area contributed by atoms with Gasteiger partial charge < -0.3 is 19.9 Å². The molecule has 0 saturated heterocycles. The standard InChI is InChI=1S/C24H25N5O2/c1-16-4-6-17(7-5-16)10-12-27-24-28-20-14-18(8-9-22(20)29(24)3)31-19-11-13-26-21(15-19)23(30)25-2/h4-9,11,13-15H,10,12H2,1-3H3,(H,25,30)(H,27,28). The fourth-order valence-electron chi connectivity index (χ4n) is 3.34. The lowest BCUT2D eigenvalue weighted by molar-refractivity contribution is 0.0958. The predicted octanol–water partition coefficient (Wildman–Crippen LogP) is 4.08. The first-order chi connectivity index (χ1) is 15.0. The van der Waals surface area contributed by atoms with Crippen LogP contribution in [0.1, 0.15) is 21.6 Å². The molecule has 0 aliphatic heterocycles. The van der Waals surface area contributed by atoms with Crippen LogP contribution in [0.25, 0.3) is 11.0 Å². The van der Waals surface area contributed by atoms with E-state index in [2.05, 4.69) is 46.8 Å². The lowest BCUT2D eigenvalue weighted by Crippen LogP contribution is -2.18. The Morgan fingerprint density at radius 2 is 1.84 bits per heavy atom. The summed E-state index contributed by atoms with van der Waals surface area (Å²) in [7, 11) is 3.56. The van der Waals surface area contributed by atoms with Crippen molar-refractivity contribution < 1.29 is 9.53 Å². The highest BCUT2D eigenvalue weighted by Crippen LogP contribution is 2.27. The van der Waals surface area contributed by atoms with Crippen LogP contribution in [0.5, 0.6) is 11.5 Å². The van der Waals surface area contributed by atoms with Crippen LogP contribution >= 0.6 is 0 Å². The molecule has 2 aromatic carbocycles. The van der Waals surface area contributed by atoms with Gasteiger partial charge >= 0.3 is 0 Å². The van der Waals surface area contributed by atoms with Crippen molar-refractivity contribution >= 4 is 22.9 Å². The molecule has 1 amide bonds. The van der Waals surface area contributed by atoms with E-state index >= 15 is 0 Å². The van der Waals surface area contributed by atoms with Crippen LogP contribution in [0.15, 0.2) is 60.8 Å². The Morgan fingerprint density at radius 3 is 2.61 bits per heavy atom. The van der Waals surface area contributed by atoms with Crippen molar-refractivity contribution in [1.29, 1.82) is 0 Å². The molecule has 0 saturated carbocycles.